The Morgan fingerprint density at radius 1 is 1.28 bits per heavy atom. The van der Waals surface area contributed by atoms with Gasteiger partial charge in [0.1, 0.15) is 5.75 Å². The molecule has 2 amide bonds. The van der Waals surface area contributed by atoms with Crippen LogP contribution in [0.25, 0.3) is 0 Å². The third-order valence-corrected chi connectivity index (χ3v) is 5.04. The molecule has 2 fully saturated rings. The number of carbonyl (C=O) groups is 2. The summed E-state index contributed by atoms with van der Waals surface area (Å²) in [6.45, 7) is 4.24. The number of carbonyl (C=O) groups excluding carboxylic acids is 2. The molecule has 0 bridgehead atoms. The van der Waals surface area contributed by atoms with Crippen molar-refractivity contribution >= 4 is 17.5 Å². The molecule has 2 saturated heterocycles. The van der Waals surface area contributed by atoms with E-state index in [1.54, 1.807) is 12.0 Å². The summed E-state index contributed by atoms with van der Waals surface area (Å²) in [5, 5.41) is 3.00. The standard InChI is InChI=1S/C19H27N3O3/c1-25-17-7-5-6-16(13-17)22-14-15(12-18(22)23)19(24)20-8-11-21-9-3-2-4-10-21/h5-7,13,15H,2-4,8-12,14H2,1H3,(H,20,24). The number of ether oxygens (including phenoxy) is 1. The van der Waals surface area contributed by atoms with Gasteiger partial charge in [0, 0.05) is 37.8 Å². The first kappa shape index (κ1) is 17.7. The molecule has 0 aliphatic carbocycles. The number of amides is 2. The molecular formula is C19H27N3O3. The van der Waals surface area contributed by atoms with Crippen molar-refractivity contribution in [1.82, 2.24) is 10.2 Å². The fourth-order valence-corrected chi connectivity index (χ4v) is 3.58. The summed E-state index contributed by atoms with van der Waals surface area (Å²) in [7, 11) is 1.60. The van der Waals surface area contributed by atoms with Gasteiger partial charge in [0.05, 0.1) is 13.0 Å². The zero-order valence-electron chi connectivity index (χ0n) is 14.9. The van der Waals surface area contributed by atoms with Crippen molar-refractivity contribution in [3.63, 3.8) is 0 Å². The average Bonchev–Trinajstić information content (AvgIpc) is 3.04. The van der Waals surface area contributed by atoms with Gasteiger partial charge in [-0.05, 0) is 38.1 Å². The predicted octanol–water partition coefficient (Wildman–Crippen LogP) is 1.65. The van der Waals surface area contributed by atoms with Crippen molar-refractivity contribution in [2.75, 3.05) is 44.7 Å². The van der Waals surface area contributed by atoms with E-state index in [4.69, 9.17) is 4.74 Å². The van der Waals surface area contributed by atoms with Gasteiger partial charge in [-0.3, -0.25) is 9.59 Å². The van der Waals surface area contributed by atoms with Crippen molar-refractivity contribution in [2.45, 2.75) is 25.7 Å². The Kier molecular flexibility index (Phi) is 5.91. The second-order valence-corrected chi connectivity index (χ2v) is 6.80. The van der Waals surface area contributed by atoms with Gasteiger partial charge in [0.25, 0.3) is 0 Å². The van der Waals surface area contributed by atoms with E-state index in [0.717, 1.165) is 25.3 Å². The second kappa shape index (κ2) is 8.34. The topological polar surface area (TPSA) is 61.9 Å². The van der Waals surface area contributed by atoms with Crippen molar-refractivity contribution in [2.24, 2.45) is 5.92 Å². The van der Waals surface area contributed by atoms with E-state index in [1.807, 2.05) is 24.3 Å². The van der Waals surface area contributed by atoms with Crippen LogP contribution >= 0.6 is 0 Å². The number of benzene rings is 1. The minimum Gasteiger partial charge on any atom is -0.497 e. The molecule has 2 heterocycles. The maximum Gasteiger partial charge on any atom is 0.227 e. The minimum absolute atomic E-state index is 0.00978. The molecule has 0 aromatic heterocycles. The highest BCUT2D eigenvalue weighted by molar-refractivity contribution is 6.00. The summed E-state index contributed by atoms with van der Waals surface area (Å²) < 4.78 is 5.21. The molecule has 2 aliphatic heterocycles. The molecule has 1 atom stereocenters. The first-order chi connectivity index (χ1) is 12.2. The first-order valence-electron chi connectivity index (χ1n) is 9.12. The third-order valence-electron chi connectivity index (χ3n) is 5.04. The van der Waals surface area contributed by atoms with Crippen LogP contribution in [-0.4, -0.2) is 56.5 Å². The highest BCUT2D eigenvalue weighted by Crippen LogP contribution is 2.27. The van der Waals surface area contributed by atoms with Crippen LogP contribution in [0.4, 0.5) is 5.69 Å². The lowest BCUT2D eigenvalue weighted by Gasteiger charge is -2.26. The fourth-order valence-electron chi connectivity index (χ4n) is 3.58. The zero-order valence-corrected chi connectivity index (χ0v) is 14.9. The van der Waals surface area contributed by atoms with Gasteiger partial charge in [-0.2, -0.15) is 0 Å². The molecule has 3 rings (SSSR count). The highest BCUT2D eigenvalue weighted by Gasteiger charge is 2.35. The maximum atomic E-state index is 12.4. The average molecular weight is 345 g/mol. The number of nitrogens with one attached hydrogen (secondary N) is 1. The van der Waals surface area contributed by atoms with Crippen molar-refractivity contribution < 1.29 is 14.3 Å². The lowest BCUT2D eigenvalue weighted by atomic mass is 10.1. The van der Waals surface area contributed by atoms with E-state index in [1.165, 1.54) is 19.3 Å². The Hall–Kier alpha value is -2.08. The van der Waals surface area contributed by atoms with E-state index in [2.05, 4.69) is 10.2 Å². The monoisotopic (exact) mass is 345 g/mol. The molecule has 0 radical (unpaired) electrons. The van der Waals surface area contributed by atoms with Gasteiger partial charge in [-0.1, -0.05) is 12.5 Å². The largest absolute Gasteiger partial charge is 0.497 e. The minimum atomic E-state index is -0.278. The van der Waals surface area contributed by atoms with Gasteiger partial charge in [-0.15, -0.1) is 0 Å². The van der Waals surface area contributed by atoms with Gasteiger partial charge in [0.15, 0.2) is 0 Å². The molecule has 1 unspecified atom stereocenters. The third kappa shape index (κ3) is 4.51. The normalized spacial score (nSPS) is 21.4. The Bertz CT molecular complexity index is 614. The number of anilines is 1. The summed E-state index contributed by atoms with van der Waals surface area (Å²) >= 11 is 0. The number of hydrogen-bond acceptors (Lipinski definition) is 4. The quantitative estimate of drug-likeness (QED) is 0.852. The number of methoxy groups -OCH3 is 1. The summed E-state index contributed by atoms with van der Waals surface area (Å²) in [6.07, 6.45) is 4.08. The van der Waals surface area contributed by atoms with E-state index < -0.39 is 0 Å². The molecule has 25 heavy (non-hydrogen) atoms. The van der Waals surface area contributed by atoms with Crippen molar-refractivity contribution in [1.29, 1.82) is 0 Å². The van der Waals surface area contributed by atoms with E-state index in [-0.39, 0.29) is 24.2 Å². The molecule has 6 nitrogen and oxygen atoms in total. The fraction of sp³-hybridized carbons (Fsp3) is 0.579. The number of rotatable bonds is 6. The lowest BCUT2D eigenvalue weighted by Crippen LogP contribution is -2.40. The lowest BCUT2D eigenvalue weighted by molar-refractivity contribution is -0.126. The van der Waals surface area contributed by atoms with Crippen LogP contribution in [0.3, 0.4) is 0 Å². The van der Waals surface area contributed by atoms with E-state index >= 15 is 0 Å². The van der Waals surface area contributed by atoms with Gasteiger partial charge in [0.2, 0.25) is 11.8 Å². The van der Waals surface area contributed by atoms with Crippen molar-refractivity contribution in [3.8, 4) is 5.75 Å². The summed E-state index contributed by atoms with van der Waals surface area (Å²) in [5.74, 6) is 0.403. The summed E-state index contributed by atoms with van der Waals surface area (Å²) in [6, 6.07) is 7.40. The number of likely N-dealkylation sites (tertiary alicyclic amines) is 1. The van der Waals surface area contributed by atoms with Crippen LogP contribution in [0.15, 0.2) is 24.3 Å². The van der Waals surface area contributed by atoms with Gasteiger partial charge >= 0.3 is 0 Å². The summed E-state index contributed by atoms with van der Waals surface area (Å²) in [4.78, 5) is 28.8. The molecule has 1 N–H and O–H groups in total. The predicted molar refractivity (Wildman–Crippen MR) is 96.8 cm³/mol. The highest BCUT2D eigenvalue weighted by atomic mass is 16.5. The molecule has 1 aromatic rings. The molecule has 136 valence electrons. The van der Waals surface area contributed by atoms with Crippen LogP contribution in [0.1, 0.15) is 25.7 Å². The smallest absolute Gasteiger partial charge is 0.227 e. The molecule has 6 heteroatoms. The Balaban J connectivity index is 1.50. The number of nitrogens with zero attached hydrogens (tertiary/aromatic N) is 2. The Labute approximate surface area is 149 Å². The number of piperidine rings is 1. The van der Waals surface area contributed by atoms with Gasteiger partial charge in [-0.25, -0.2) is 0 Å². The van der Waals surface area contributed by atoms with Gasteiger partial charge < -0.3 is 19.9 Å². The zero-order chi connectivity index (χ0) is 17.6. The van der Waals surface area contributed by atoms with E-state index in [0.29, 0.717) is 18.8 Å². The second-order valence-electron chi connectivity index (χ2n) is 6.80. The summed E-state index contributed by atoms with van der Waals surface area (Å²) in [5.41, 5.74) is 0.785. The first-order valence-corrected chi connectivity index (χ1v) is 9.12. The Morgan fingerprint density at radius 2 is 2.08 bits per heavy atom. The van der Waals surface area contributed by atoms with Crippen LogP contribution in [0.5, 0.6) is 5.75 Å². The van der Waals surface area contributed by atoms with E-state index in [9.17, 15) is 9.59 Å². The molecule has 0 saturated carbocycles. The molecule has 0 spiro atoms. The SMILES string of the molecule is COc1cccc(N2CC(C(=O)NCCN3CCCCC3)CC2=O)c1. The van der Waals surface area contributed by atoms with Crippen LogP contribution in [0.2, 0.25) is 0 Å². The number of hydrogen-bond donors (Lipinski definition) is 1. The van der Waals surface area contributed by atoms with Crippen molar-refractivity contribution in [3.05, 3.63) is 24.3 Å². The van der Waals surface area contributed by atoms with Crippen LogP contribution in [0, 0.1) is 5.92 Å². The van der Waals surface area contributed by atoms with Crippen LogP contribution in [-0.2, 0) is 9.59 Å². The molecule has 1 aromatic carbocycles. The Morgan fingerprint density at radius 3 is 2.84 bits per heavy atom. The van der Waals surface area contributed by atoms with Crippen LogP contribution < -0.4 is 15.0 Å². The molecule has 2 aliphatic rings. The maximum absolute atomic E-state index is 12.4. The molecular weight excluding hydrogens is 318 g/mol.